The Morgan fingerprint density at radius 1 is 0.706 bits per heavy atom. The minimum atomic E-state index is -0.927. The Bertz CT molecular complexity index is 800. The Morgan fingerprint density at radius 2 is 1.32 bits per heavy atom. The SMILES string of the molecule is CCCCCCC(=O)NCC(=O)NCC(=O)NC(Cc1ccccc1)C(=O)NCC(=O)NCC. The molecule has 34 heavy (non-hydrogen) atoms. The summed E-state index contributed by atoms with van der Waals surface area (Å²) in [5, 5.41) is 12.6. The number of amides is 5. The van der Waals surface area contributed by atoms with Crippen LogP contribution in [0.4, 0.5) is 0 Å². The van der Waals surface area contributed by atoms with Gasteiger partial charge in [0.2, 0.25) is 29.5 Å². The van der Waals surface area contributed by atoms with Gasteiger partial charge >= 0.3 is 0 Å². The Kier molecular flexibility index (Phi) is 14.4. The molecule has 0 fully saturated rings. The zero-order valence-electron chi connectivity index (χ0n) is 20.1. The largest absolute Gasteiger partial charge is 0.355 e. The predicted molar refractivity (Wildman–Crippen MR) is 129 cm³/mol. The maximum absolute atomic E-state index is 12.6. The van der Waals surface area contributed by atoms with E-state index in [0.29, 0.717) is 13.0 Å². The van der Waals surface area contributed by atoms with Crippen LogP contribution in [0.1, 0.15) is 51.5 Å². The summed E-state index contributed by atoms with van der Waals surface area (Å²) in [6, 6.07) is 8.19. The molecule has 0 aliphatic rings. The van der Waals surface area contributed by atoms with Crippen molar-refractivity contribution in [2.45, 2.75) is 58.4 Å². The van der Waals surface area contributed by atoms with Crippen molar-refractivity contribution in [3.05, 3.63) is 35.9 Å². The van der Waals surface area contributed by atoms with Crippen molar-refractivity contribution in [2.24, 2.45) is 0 Å². The molecule has 0 aliphatic heterocycles. The second-order valence-corrected chi connectivity index (χ2v) is 7.85. The molecule has 1 rings (SSSR count). The first-order valence-corrected chi connectivity index (χ1v) is 11.8. The minimum Gasteiger partial charge on any atom is -0.355 e. The molecule has 5 amide bonds. The summed E-state index contributed by atoms with van der Waals surface area (Å²) in [7, 11) is 0. The van der Waals surface area contributed by atoms with Gasteiger partial charge in [-0.05, 0) is 18.9 Å². The van der Waals surface area contributed by atoms with Gasteiger partial charge in [0.1, 0.15) is 6.04 Å². The van der Waals surface area contributed by atoms with Crippen LogP contribution in [-0.4, -0.2) is 61.8 Å². The molecular formula is C24H37N5O5. The number of unbranched alkanes of at least 4 members (excludes halogenated alkanes) is 3. The molecule has 0 saturated heterocycles. The quantitative estimate of drug-likeness (QED) is 0.216. The van der Waals surface area contributed by atoms with E-state index in [1.165, 1.54) is 0 Å². The predicted octanol–water partition coefficient (Wildman–Crippen LogP) is 0.169. The van der Waals surface area contributed by atoms with Crippen LogP contribution in [0.25, 0.3) is 0 Å². The third-order valence-corrected chi connectivity index (χ3v) is 4.88. The third-order valence-electron chi connectivity index (χ3n) is 4.88. The maximum Gasteiger partial charge on any atom is 0.243 e. The zero-order chi connectivity index (χ0) is 25.2. The monoisotopic (exact) mass is 475 g/mol. The molecule has 188 valence electrons. The van der Waals surface area contributed by atoms with E-state index in [0.717, 1.165) is 31.2 Å². The van der Waals surface area contributed by atoms with Gasteiger partial charge in [-0.2, -0.15) is 0 Å². The molecule has 10 nitrogen and oxygen atoms in total. The Labute approximate surface area is 201 Å². The van der Waals surface area contributed by atoms with Gasteiger partial charge in [-0.1, -0.05) is 56.5 Å². The van der Waals surface area contributed by atoms with Crippen molar-refractivity contribution in [2.75, 3.05) is 26.2 Å². The smallest absolute Gasteiger partial charge is 0.243 e. The highest BCUT2D eigenvalue weighted by molar-refractivity contribution is 5.92. The molecule has 0 bridgehead atoms. The highest BCUT2D eigenvalue weighted by Crippen LogP contribution is 2.04. The Hall–Kier alpha value is -3.43. The van der Waals surface area contributed by atoms with Gasteiger partial charge in [0.15, 0.2) is 0 Å². The average Bonchev–Trinajstić information content (AvgIpc) is 2.83. The summed E-state index contributed by atoms with van der Waals surface area (Å²) >= 11 is 0. The third kappa shape index (κ3) is 13.2. The number of nitrogens with one attached hydrogen (secondary N) is 5. The summed E-state index contributed by atoms with van der Waals surface area (Å²) in [5.41, 5.74) is 0.826. The number of benzene rings is 1. The molecule has 1 atom stereocenters. The summed E-state index contributed by atoms with van der Waals surface area (Å²) in [6.07, 6.45) is 4.47. The normalized spacial score (nSPS) is 11.1. The summed E-state index contributed by atoms with van der Waals surface area (Å²) in [6.45, 7) is 3.52. The van der Waals surface area contributed by atoms with Crippen LogP contribution in [0.3, 0.4) is 0 Å². The first kappa shape index (κ1) is 28.6. The van der Waals surface area contributed by atoms with Crippen molar-refractivity contribution >= 4 is 29.5 Å². The van der Waals surface area contributed by atoms with E-state index in [9.17, 15) is 24.0 Å². The van der Waals surface area contributed by atoms with E-state index in [-0.39, 0.29) is 37.9 Å². The van der Waals surface area contributed by atoms with Gasteiger partial charge in [0, 0.05) is 19.4 Å². The van der Waals surface area contributed by atoms with Crippen LogP contribution in [-0.2, 0) is 30.4 Å². The van der Waals surface area contributed by atoms with Crippen molar-refractivity contribution in [3.8, 4) is 0 Å². The minimum absolute atomic E-state index is 0.206. The molecule has 5 N–H and O–H groups in total. The first-order valence-electron chi connectivity index (χ1n) is 11.8. The lowest BCUT2D eigenvalue weighted by atomic mass is 10.1. The number of hydrogen-bond donors (Lipinski definition) is 5. The number of carbonyl (C=O) groups is 5. The number of hydrogen-bond acceptors (Lipinski definition) is 5. The van der Waals surface area contributed by atoms with E-state index in [4.69, 9.17) is 0 Å². The van der Waals surface area contributed by atoms with E-state index >= 15 is 0 Å². The Balaban J connectivity index is 2.50. The van der Waals surface area contributed by atoms with Crippen LogP contribution in [0.2, 0.25) is 0 Å². The van der Waals surface area contributed by atoms with Crippen LogP contribution >= 0.6 is 0 Å². The van der Waals surface area contributed by atoms with E-state index in [1.54, 1.807) is 6.92 Å². The molecule has 1 aromatic rings. The highest BCUT2D eigenvalue weighted by atomic mass is 16.2. The fourth-order valence-electron chi connectivity index (χ4n) is 3.08. The lowest BCUT2D eigenvalue weighted by Gasteiger charge is -2.19. The molecular weight excluding hydrogens is 438 g/mol. The molecule has 1 unspecified atom stereocenters. The van der Waals surface area contributed by atoms with Gasteiger partial charge in [-0.25, -0.2) is 0 Å². The fourth-order valence-corrected chi connectivity index (χ4v) is 3.08. The summed E-state index contributed by atoms with van der Waals surface area (Å²) in [4.78, 5) is 60.3. The lowest BCUT2D eigenvalue weighted by Crippen LogP contribution is -2.52. The second kappa shape index (κ2) is 17.1. The van der Waals surface area contributed by atoms with Crippen LogP contribution < -0.4 is 26.6 Å². The molecule has 0 heterocycles. The second-order valence-electron chi connectivity index (χ2n) is 7.85. The maximum atomic E-state index is 12.6. The average molecular weight is 476 g/mol. The first-order chi connectivity index (χ1) is 16.3. The number of rotatable bonds is 16. The fraction of sp³-hybridized carbons (Fsp3) is 0.542. The van der Waals surface area contributed by atoms with E-state index < -0.39 is 23.8 Å². The molecule has 0 radical (unpaired) electrons. The standard InChI is InChI=1S/C24H37N5O5/c1-3-5-6-10-13-20(30)26-15-22(32)27-17-23(33)29-19(14-18-11-8-7-9-12-18)24(34)28-16-21(31)25-4-2/h7-9,11-12,19H,3-6,10,13-17H2,1-2H3,(H,25,31)(H,26,30)(H,27,32)(H,28,34)(H,29,33). The van der Waals surface area contributed by atoms with Gasteiger partial charge in [0.05, 0.1) is 19.6 Å². The molecule has 0 aliphatic carbocycles. The van der Waals surface area contributed by atoms with Crippen molar-refractivity contribution in [1.82, 2.24) is 26.6 Å². The number of likely N-dealkylation sites (N-methyl/N-ethyl adjacent to an activating group) is 1. The molecule has 1 aromatic carbocycles. The van der Waals surface area contributed by atoms with E-state index in [1.807, 2.05) is 30.3 Å². The van der Waals surface area contributed by atoms with Crippen molar-refractivity contribution < 1.29 is 24.0 Å². The summed E-state index contributed by atoms with van der Waals surface area (Å²) in [5.74, 6) is -2.11. The van der Waals surface area contributed by atoms with Crippen LogP contribution in [0.5, 0.6) is 0 Å². The van der Waals surface area contributed by atoms with Gasteiger partial charge in [-0.3, -0.25) is 24.0 Å². The number of carbonyl (C=O) groups excluding carboxylic acids is 5. The van der Waals surface area contributed by atoms with Gasteiger partial charge in [-0.15, -0.1) is 0 Å². The van der Waals surface area contributed by atoms with Crippen LogP contribution in [0, 0.1) is 0 Å². The molecule has 10 heteroatoms. The van der Waals surface area contributed by atoms with Crippen molar-refractivity contribution in [1.29, 1.82) is 0 Å². The topological polar surface area (TPSA) is 146 Å². The molecule has 0 saturated carbocycles. The van der Waals surface area contributed by atoms with Gasteiger partial charge in [0.25, 0.3) is 0 Å². The van der Waals surface area contributed by atoms with E-state index in [2.05, 4.69) is 33.5 Å². The summed E-state index contributed by atoms with van der Waals surface area (Å²) < 4.78 is 0. The molecule has 0 spiro atoms. The molecule has 0 aromatic heterocycles. The van der Waals surface area contributed by atoms with Gasteiger partial charge < -0.3 is 26.6 Å². The lowest BCUT2D eigenvalue weighted by molar-refractivity contribution is -0.131. The Morgan fingerprint density at radius 3 is 2.00 bits per heavy atom. The zero-order valence-corrected chi connectivity index (χ0v) is 20.1. The van der Waals surface area contributed by atoms with Crippen LogP contribution in [0.15, 0.2) is 30.3 Å². The highest BCUT2D eigenvalue weighted by Gasteiger charge is 2.22. The van der Waals surface area contributed by atoms with Crippen molar-refractivity contribution in [3.63, 3.8) is 0 Å².